The van der Waals surface area contributed by atoms with E-state index in [9.17, 15) is 8.78 Å². The highest BCUT2D eigenvalue weighted by atomic mass is 19.2. The first-order valence-electron chi connectivity index (χ1n) is 14.7. The number of likely N-dealkylation sites (tertiary alicyclic amines) is 1. The fourth-order valence-electron chi connectivity index (χ4n) is 4.92. The van der Waals surface area contributed by atoms with Crippen LogP contribution < -0.4 is 11.1 Å². The number of nitrogens with one attached hydrogen (secondary N) is 1. The lowest BCUT2D eigenvalue weighted by Gasteiger charge is -2.12. The average molecular weight is 620 g/mol. The quantitative estimate of drug-likeness (QED) is 0.220. The summed E-state index contributed by atoms with van der Waals surface area (Å²) in [4.78, 5) is 11.1. The van der Waals surface area contributed by atoms with Gasteiger partial charge in [-0.3, -0.25) is 14.4 Å². The number of hydrogen-bond acceptors (Lipinski definition) is 6. The molecule has 11 heteroatoms. The number of anilines is 1. The highest BCUT2D eigenvalue weighted by Gasteiger charge is 2.20. The lowest BCUT2D eigenvalue weighted by Crippen LogP contribution is -2.19. The van der Waals surface area contributed by atoms with E-state index >= 15 is 0 Å². The van der Waals surface area contributed by atoms with Gasteiger partial charge in [0.2, 0.25) is 6.41 Å². The number of para-hydroxylation sites is 1. The number of amides is 1. The summed E-state index contributed by atoms with van der Waals surface area (Å²) in [6.45, 7) is 12.0. The third-order valence-corrected chi connectivity index (χ3v) is 7.27. The van der Waals surface area contributed by atoms with Crippen LogP contribution in [0.25, 0.3) is 16.9 Å². The summed E-state index contributed by atoms with van der Waals surface area (Å²) in [5.41, 5.74) is 9.56. The van der Waals surface area contributed by atoms with Crippen LogP contribution in [-0.4, -0.2) is 51.0 Å². The van der Waals surface area contributed by atoms with E-state index in [1.807, 2.05) is 68.4 Å². The Kier molecular flexibility index (Phi) is 13.0. The highest BCUT2D eigenvalue weighted by Crippen LogP contribution is 2.29. The Labute approximate surface area is 263 Å². The molecule has 3 aromatic heterocycles. The lowest BCUT2D eigenvalue weighted by molar-refractivity contribution is -0.106. The molecule has 45 heavy (non-hydrogen) atoms. The SMILES string of the molecule is CNc1c(C)c(-c2cnn(C)c2)nn1-c1ccccc1.Cc1cc(CN2CC[C@H](C)C2)oc1C.Fc1ccccc1F.NC=O. The monoisotopic (exact) mass is 619 g/mol. The summed E-state index contributed by atoms with van der Waals surface area (Å²) in [5.74, 6) is 2.43. The van der Waals surface area contributed by atoms with Gasteiger partial charge in [-0.15, -0.1) is 0 Å². The second-order valence-corrected chi connectivity index (χ2v) is 10.9. The molecule has 1 amide bonds. The Balaban J connectivity index is 0.000000191. The first kappa shape index (κ1) is 34.7. The van der Waals surface area contributed by atoms with Gasteiger partial charge in [-0.25, -0.2) is 13.5 Å². The van der Waals surface area contributed by atoms with Crippen LogP contribution >= 0.6 is 0 Å². The zero-order valence-corrected chi connectivity index (χ0v) is 26.8. The van der Waals surface area contributed by atoms with E-state index in [2.05, 4.69) is 47.9 Å². The van der Waals surface area contributed by atoms with Gasteiger partial charge in [0.25, 0.3) is 0 Å². The minimum absolute atomic E-state index is 0.250. The van der Waals surface area contributed by atoms with Crippen molar-refractivity contribution >= 4 is 12.2 Å². The average Bonchev–Trinajstić information content (AvgIpc) is 3.79. The number of benzene rings is 2. The van der Waals surface area contributed by atoms with Crippen molar-refractivity contribution in [3.8, 4) is 16.9 Å². The molecule has 0 bridgehead atoms. The molecule has 9 nitrogen and oxygen atoms in total. The molecule has 3 N–H and O–H groups in total. The first-order chi connectivity index (χ1) is 21.6. The molecule has 5 aromatic rings. The number of aromatic nitrogens is 4. The van der Waals surface area contributed by atoms with Gasteiger partial charge in [0.15, 0.2) is 11.6 Å². The van der Waals surface area contributed by atoms with Crippen molar-refractivity contribution in [3.63, 3.8) is 0 Å². The Morgan fingerprint density at radius 1 is 1.07 bits per heavy atom. The maximum atomic E-state index is 11.9. The van der Waals surface area contributed by atoms with E-state index < -0.39 is 11.6 Å². The number of hydrogen-bond donors (Lipinski definition) is 2. The fraction of sp³-hybridized carbons (Fsp3) is 0.324. The van der Waals surface area contributed by atoms with Gasteiger partial charge in [-0.2, -0.15) is 10.2 Å². The van der Waals surface area contributed by atoms with Crippen molar-refractivity contribution in [2.45, 2.75) is 40.7 Å². The summed E-state index contributed by atoms with van der Waals surface area (Å²) < 4.78 is 33.3. The van der Waals surface area contributed by atoms with Crippen molar-refractivity contribution in [1.82, 2.24) is 24.5 Å². The number of rotatable bonds is 5. The summed E-state index contributed by atoms with van der Waals surface area (Å²) in [6.07, 6.45) is 5.40. The Morgan fingerprint density at radius 3 is 2.16 bits per heavy atom. The van der Waals surface area contributed by atoms with Gasteiger partial charge in [-0.1, -0.05) is 37.3 Å². The second kappa shape index (κ2) is 16.9. The van der Waals surface area contributed by atoms with Crippen molar-refractivity contribution in [1.29, 1.82) is 0 Å². The zero-order valence-electron chi connectivity index (χ0n) is 26.8. The molecule has 4 heterocycles. The second-order valence-electron chi connectivity index (χ2n) is 10.9. The van der Waals surface area contributed by atoms with Crippen LogP contribution in [0, 0.1) is 38.3 Å². The van der Waals surface area contributed by atoms with Gasteiger partial charge in [0, 0.05) is 38.0 Å². The van der Waals surface area contributed by atoms with E-state index in [0.717, 1.165) is 64.4 Å². The molecule has 2 aromatic carbocycles. The number of nitrogens with zero attached hydrogens (tertiary/aromatic N) is 5. The van der Waals surface area contributed by atoms with Crippen LogP contribution in [0.1, 0.15) is 36.0 Å². The molecule has 0 unspecified atom stereocenters. The van der Waals surface area contributed by atoms with Crippen LogP contribution in [0.5, 0.6) is 0 Å². The maximum absolute atomic E-state index is 11.9. The van der Waals surface area contributed by atoms with Gasteiger partial charge >= 0.3 is 0 Å². The van der Waals surface area contributed by atoms with Crippen LogP contribution in [0.15, 0.2) is 77.5 Å². The fourth-order valence-corrected chi connectivity index (χ4v) is 4.92. The minimum atomic E-state index is -0.799. The van der Waals surface area contributed by atoms with Gasteiger partial charge in [0.05, 0.1) is 18.4 Å². The van der Waals surface area contributed by atoms with Crippen molar-refractivity contribution in [2.75, 3.05) is 25.5 Å². The largest absolute Gasteiger partial charge is 0.465 e. The van der Waals surface area contributed by atoms with Crippen molar-refractivity contribution in [2.24, 2.45) is 18.7 Å². The molecular formula is C34H43F2N7O2. The molecule has 1 aliphatic rings. The summed E-state index contributed by atoms with van der Waals surface area (Å²) in [7, 11) is 3.82. The summed E-state index contributed by atoms with van der Waals surface area (Å²) in [6, 6.07) is 17.3. The van der Waals surface area contributed by atoms with E-state index in [-0.39, 0.29) is 6.41 Å². The minimum Gasteiger partial charge on any atom is -0.465 e. The molecule has 0 saturated carbocycles. The smallest absolute Gasteiger partial charge is 0.204 e. The number of halogens is 2. The Bertz CT molecular complexity index is 1590. The molecule has 1 atom stereocenters. The number of carbonyl (C=O) groups is 1. The van der Waals surface area contributed by atoms with Crippen molar-refractivity contribution in [3.05, 3.63) is 107 Å². The zero-order chi connectivity index (χ0) is 32.9. The molecule has 1 aliphatic heterocycles. The molecule has 1 saturated heterocycles. The molecule has 240 valence electrons. The Morgan fingerprint density at radius 2 is 1.69 bits per heavy atom. The number of aryl methyl sites for hydroxylation is 3. The molecule has 1 fully saturated rings. The van der Waals surface area contributed by atoms with Gasteiger partial charge < -0.3 is 15.5 Å². The normalized spacial score (nSPS) is 13.9. The summed E-state index contributed by atoms with van der Waals surface area (Å²) in [5, 5.41) is 12.2. The number of furan rings is 1. The van der Waals surface area contributed by atoms with E-state index in [1.54, 1.807) is 4.68 Å². The van der Waals surface area contributed by atoms with Gasteiger partial charge in [-0.05, 0) is 75.5 Å². The van der Waals surface area contributed by atoms with Crippen molar-refractivity contribution < 1.29 is 18.0 Å². The predicted octanol–water partition coefficient (Wildman–Crippen LogP) is 6.43. The third kappa shape index (κ3) is 9.87. The van der Waals surface area contributed by atoms with Crippen LogP contribution in [0.2, 0.25) is 0 Å². The predicted molar refractivity (Wildman–Crippen MR) is 174 cm³/mol. The Hall–Kier alpha value is -4.77. The highest BCUT2D eigenvalue weighted by molar-refractivity contribution is 5.69. The summed E-state index contributed by atoms with van der Waals surface area (Å²) >= 11 is 0. The third-order valence-electron chi connectivity index (χ3n) is 7.27. The topological polar surface area (TPSA) is 107 Å². The van der Waals surface area contributed by atoms with E-state index in [1.165, 1.54) is 37.2 Å². The van der Waals surface area contributed by atoms with Crippen LogP contribution in [0.4, 0.5) is 14.6 Å². The molecular weight excluding hydrogens is 576 g/mol. The number of carbonyl (C=O) groups excluding carboxylic acids is 1. The molecule has 0 spiro atoms. The van der Waals surface area contributed by atoms with E-state index in [4.69, 9.17) is 14.3 Å². The van der Waals surface area contributed by atoms with E-state index in [0.29, 0.717) is 0 Å². The molecule has 0 radical (unpaired) electrons. The molecule has 6 rings (SSSR count). The van der Waals surface area contributed by atoms with Gasteiger partial charge in [0.1, 0.15) is 23.0 Å². The lowest BCUT2D eigenvalue weighted by atomic mass is 10.1. The van der Waals surface area contributed by atoms with Crippen LogP contribution in [0.3, 0.4) is 0 Å². The number of primary amides is 1. The first-order valence-corrected chi connectivity index (χ1v) is 14.7. The number of nitrogens with two attached hydrogens (primary N) is 1. The standard InChI is InChI=1S/C15H17N5.C12H19NO.C6H4F2.CH3NO/c1-11-14(12-9-17-19(3)10-12)18-20(15(11)16-2)13-7-5-4-6-8-13;1-9-4-5-13(7-9)8-12-6-10(2)11(3)14-12;7-5-3-1-2-4-6(5)8;2-1-3/h4-10,16H,1-3H3;6,9H,4-5,7-8H2,1-3H3;1-4H;1H,(H2,2,3)/t;9-;;/m.0../s1. The molecule has 0 aliphatic carbocycles. The van der Waals surface area contributed by atoms with Crippen LogP contribution in [-0.2, 0) is 18.4 Å². The maximum Gasteiger partial charge on any atom is 0.204 e.